The molecule has 2 saturated heterocycles. The van der Waals surface area contributed by atoms with Gasteiger partial charge in [0.05, 0.1) is 6.07 Å². The third-order valence-corrected chi connectivity index (χ3v) is 8.42. The molecule has 2 aliphatic rings. The molecule has 0 aliphatic carbocycles. The van der Waals surface area contributed by atoms with Gasteiger partial charge in [0, 0.05) is 45.2 Å². The Bertz CT molecular complexity index is 1120. The van der Waals surface area contributed by atoms with Crippen molar-refractivity contribution in [2.24, 2.45) is 5.92 Å². The van der Waals surface area contributed by atoms with Crippen molar-refractivity contribution in [1.82, 2.24) is 14.1 Å². The number of halogens is 1. The minimum Gasteiger partial charge on any atom is -0.340 e. The van der Waals surface area contributed by atoms with Crippen molar-refractivity contribution in [3.63, 3.8) is 0 Å². The van der Waals surface area contributed by atoms with E-state index in [-0.39, 0.29) is 35.9 Å². The van der Waals surface area contributed by atoms with Crippen molar-refractivity contribution >= 4 is 15.9 Å². The Hall–Kier alpha value is -2.80. The first-order valence-corrected chi connectivity index (χ1v) is 12.6. The Balaban J connectivity index is 1.32. The lowest BCUT2D eigenvalue weighted by Gasteiger charge is -2.39. The first kappa shape index (κ1) is 23.4. The minimum absolute atomic E-state index is 0.0332. The van der Waals surface area contributed by atoms with Gasteiger partial charge in [-0.25, -0.2) is 12.8 Å². The van der Waals surface area contributed by atoms with Crippen LogP contribution in [0.5, 0.6) is 0 Å². The summed E-state index contributed by atoms with van der Waals surface area (Å²) in [5, 5.41) is 9.65. The van der Waals surface area contributed by atoms with Crippen LogP contribution in [0, 0.1) is 23.1 Å². The lowest BCUT2D eigenvalue weighted by molar-refractivity contribution is -0.138. The number of piperazine rings is 1. The Morgan fingerprint density at radius 3 is 2.15 bits per heavy atom. The molecule has 2 heterocycles. The summed E-state index contributed by atoms with van der Waals surface area (Å²) in [6.07, 6.45) is 0.829. The van der Waals surface area contributed by atoms with Gasteiger partial charge in [0.2, 0.25) is 15.9 Å². The molecule has 33 heavy (non-hydrogen) atoms. The van der Waals surface area contributed by atoms with Gasteiger partial charge in [0.25, 0.3) is 0 Å². The molecule has 1 unspecified atom stereocenters. The predicted molar refractivity (Wildman–Crippen MR) is 121 cm³/mol. The highest BCUT2D eigenvalue weighted by atomic mass is 32.2. The standard InChI is InChI=1S/C24H27FN4O3S/c25-21-8-4-5-9-23(21)33(31,32)29-12-10-20(11-13-29)24(30)28-16-14-27(15-17-28)22(18-26)19-6-2-1-3-7-19/h1-9,20,22H,10-17H2. The summed E-state index contributed by atoms with van der Waals surface area (Å²) in [6.45, 7) is 2.68. The van der Waals surface area contributed by atoms with E-state index < -0.39 is 15.8 Å². The quantitative estimate of drug-likeness (QED) is 0.671. The topological polar surface area (TPSA) is 84.7 Å². The zero-order chi connectivity index (χ0) is 23.4. The van der Waals surface area contributed by atoms with Crippen LogP contribution < -0.4 is 0 Å². The third-order valence-electron chi connectivity index (χ3n) is 6.49. The lowest BCUT2D eigenvalue weighted by atomic mass is 9.96. The Morgan fingerprint density at radius 2 is 1.55 bits per heavy atom. The van der Waals surface area contributed by atoms with E-state index in [1.165, 1.54) is 22.5 Å². The van der Waals surface area contributed by atoms with Gasteiger partial charge in [-0.3, -0.25) is 9.69 Å². The van der Waals surface area contributed by atoms with Crippen LogP contribution in [0.4, 0.5) is 4.39 Å². The molecule has 174 valence electrons. The summed E-state index contributed by atoms with van der Waals surface area (Å²) in [4.78, 5) is 16.6. The summed E-state index contributed by atoms with van der Waals surface area (Å²) >= 11 is 0. The number of rotatable bonds is 5. The Labute approximate surface area is 194 Å². The van der Waals surface area contributed by atoms with Crippen molar-refractivity contribution in [3.05, 3.63) is 66.0 Å². The molecule has 0 N–H and O–H groups in total. The first-order valence-electron chi connectivity index (χ1n) is 11.1. The number of nitrogens with zero attached hydrogens (tertiary/aromatic N) is 4. The van der Waals surface area contributed by atoms with E-state index >= 15 is 0 Å². The van der Waals surface area contributed by atoms with E-state index in [9.17, 15) is 22.9 Å². The van der Waals surface area contributed by atoms with E-state index in [1.54, 1.807) is 0 Å². The average molecular weight is 471 g/mol. The maximum atomic E-state index is 14.0. The first-order chi connectivity index (χ1) is 15.9. The number of hydrogen-bond donors (Lipinski definition) is 0. The van der Waals surface area contributed by atoms with Crippen molar-refractivity contribution in [2.45, 2.75) is 23.8 Å². The average Bonchev–Trinajstić information content (AvgIpc) is 2.85. The van der Waals surface area contributed by atoms with E-state index in [4.69, 9.17) is 0 Å². The fraction of sp³-hybridized carbons (Fsp3) is 0.417. The molecule has 0 saturated carbocycles. The van der Waals surface area contributed by atoms with Gasteiger partial charge < -0.3 is 4.90 Å². The highest BCUT2D eigenvalue weighted by molar-refractivity contribution is 7.89. The van der Waals surface area contributed by atoms with Crippen LogP contribution in [-0.4, -0.2) is 67.7 Å². The molecule has 2 aliphatic heterocycles. The molecular formula is C24H27FN4O3S. The molecule has 9 heteroatoms. The zero-order valence-corrected chi connectivity index (χ0v) is 19.1. The number of sulfonamides is 1. The molecule has 2 fully saturated rings. The number of piperidine rings is 1. The summed E-state index contributed by atoms with van der Waals surface area (Å²) in [6, 6.07) is 17.0. The molecule has 0 aromatic heterocycles. The van der Waals surface area contributed by atoms with Crippen molar-refractivity contribution in [1.29, 1.82) is 5.26 Å². The number of benzene rings is 2. The van der Waals surface area contributed by atoms with Crippen LogP contribution >= 0.6 is 0 Å². The smallest absolute Gasteiger partial charge is 0.245 e. The highest BCUT2D eigenvalue weighted by Crippen LogP contribution is 2.27. The number of carbonyl (C=O) groups excluding carboxylic acids is 1. The van der Waals surface area contributed by atoms with Gasteiger partial charge in [-0.2, -0.15) is 9.57 Å². The molecule has 2 aromatic rings. The lowest BCUT2D eigenvalue weighted by Crippen LogP contribution is -2.52. The molecule has 7 nitrogen and oxygen atoms in total. The van der Waals surface area contributed by atoms with Gasteiger partial charge >= 0.3 is 0 Å². The molecule has 0 bridgehead atoms. The Morgan fingerprint density at radius 1 is 0.939 bits per heavy atom. The van der Waals surface area contributed by atoms with Crippen molar-refractivity contribution in [2.75, 3.05) is 39.3 Å². The van der Waals surface area contributed by atoms with Gasteiger partial charge in [-0.05, 0) is 30.5 Å². The van der Waals surface area contributed by atoms with Gasteiger partial charge in [0.1, 0.15) is 16.8 Å². The number of hydrogen-bond acceptors (Lipinski definition) is 5. The minimum atomic E-state index is -3.92. The van der Waals surface area contributed by atoms with Crippen LogP contribution in [0.15, 0.2) is 59.5 Å². The molecule has 1 amide bonds. The fourth-order valence-electron chi connectivity index (χ4n) is 4.60. The van der Waals surface area contributed by atoms with E-state index in [2.05, 4.69) is 11.0 Å². The molecule has 1 atom stereocenters. The molecule has 0 spiro atoms. The number of nitriles is 1. The van der Waals surface area contributed by atoms with E-state index in [1.807, 2.05) is 35.2 Å². The second-order valence-electron chi connectivity index (χ2n) is 8.41. The monoisotopic (exact) mass is 470 g/mol. The van der Waals surface area contributed by atoms with Crippen molar-refractivity contribution < 1.29 is 17.6 Å². The van der Waals surface area contributed by atoms with E-state index in [0.29, 0.717) is 39.0 Å². The van der Waals surface area contributed by atoms with Gasteiger partial charge in [-0.15, -0.1) is 0 Å². The van der Waals surface area contributed by atoms with Crippen LogP contribution in [0.3, 0.4) is 0 Å². The van der Waals surface area contributed by atoms with Crippen LogP contribution in [0.2, 0.25) is 0 Å². The van der Waals surface area contributed by atoms with Crippen LogP contribution in [-0.2, 0) is 14.8 Å². The summed E-state index contributed by atoms with van der Waals surface area (Å²) in [5.41, 5.74) is 0.947. The van der Waals surface area contributed by atoms with Gasteiger partial charge in [0.15, 0.2) is 0 Å². The zero-order valence-electron chi connectivity index (χ0n) is 18.3. The molecule has 4 rings (SSSR count). The number of amides is 1. The predicted octanol–water partition coefficient (Wildman–Crippen LogP) is 2.64. The maximum absolute atomic E-state index is 14.0. The molecule has 0 radical (unpaired) electrons. The summed E-state index contributed by atoms with van der Waals surface area (Å²) < 4.78 is 40.9. The van der Waals surface area contributed by atoms with Crippen LogP contribution in [0.1, 0.15) is 24.4 Å². The Kier molecular flexibility index (Phi) is 7.08. The second-order valence-corrected chi connectivity index (χ2v) is 10.3. The SMILES string of the molecule is N#CC(c1ccccc1)N1CCN(C(=O)C2CCN(S(=O)(=O)c3ccccc3F)CC2)CC1. The fourth-order valence-corrected chi connectivity index (χ4v) is 6.13. The highest BCUT2D eigenvalue weighted by Gasteiger charge is 2.36. The van der Waals surface area contributed by atoms with Crippen molar-refractivity contribution in [3.8, 4) is 6.07 Å². The van der Waals surface area contributed by atoms with E-state index in [0.717, 1.165) is 11.6 Å². The maximum Gasteiger partial charge on any atom is 0.245 e. The normalized spacial score (nSPS) is 19.7. The van der Waals surface area contributed by atoms with Crippen LogP contribution in [0.25, 0.3) is 0 Å². The number of carbonyl (C=O) groups is 1. The molecular weight excluding hydrogens is 443 g/mol. The summed E-state index contributed by atoms with van der Waals surface area (Å²) in [7, 11) is -3.92. The van der Waals surface area contributed by atoms with Gasteiger partial charge in [-0.1, -0.05) is 42.5 Å². The third kappa shape index (κ3) is 4.93. The second kappa shape index (κ2) is 10.00. The molecule has 2 aromatic carbocycles. The summed E-state index contributed by atoms with van der Waals surface area (Å²) in [5.74, 6) is -0.977. The largest absolute Gasteiger partial charge is 0.340 e.